The molecule has 0 saturated carbocycles. The van der Waals surface area contributed by atoms with Crippen LogP contribution in [0.15, 0.2) is 24.5 Å². The quantitative estimate of drug-likeness (QED) is 0.732. The Balaban J connectivity index is 2.58. The molecule has 4 nitrogen and oxygen atoms in total. The predicted molar refractivity (Wildman–Crippen MR) is 53.9 cm³/mol. The predicted octanol–water partition coefficient (Wildman–Crippen LogP) is 0.635. The minimum atomic E-state index is -0.623. The van der Waals surface area contributed by atoms with Crippen LogP contribution in [0.2, 0.25) is 0 Å². The topological polar surface area (TPSA) is 63.5 Å². The summed E-state index contributed by atoms with van der Waals surface area (Å²) in [4.78, 5) is 4.17. The molecule has 0 fully saturated rings. The lowest BCUT2D eigenvalue weighted by Gasteiger charge is -2.07. The van der Waals surface area contributed by atoms with E-state index in [4.69, 9.17) is 5.73 Å². The van der Waals surface area contributed by atoms with Gasteiger partial charge in [-0.25, -0.2) is 4.98 Å². The highest BCUT2D eigenvalue weighted by Gasteiger charge is 2.09. The largest absolute Gasteiger partial charge is 0.386 e. The second-order valence-electron chi connectivity index (χ2n) is 3.33. The number of hydrogen-bond acceptors (Lipinski definition) is 3. The Morgan fingerprint density at radius 3 is 3.07 bits per heavy atom. The fourth-order valence-electron chi connectivity index (χ4n) is 1.52. The van der Waals surface area contributed by atoms with Gasteiger partial charge in [-0.3, -0.25) is 0 Å². The summed E-state index contributed by atoms with van der Waals surface area (Å²) in [6, 6.07) is 5.78. The number of aliphatic hydroxyl groups excluding tert-OH is 1. The molecule has 2 aromatic heterocycles. The van der Waals surface area contributed by atoms with Gasteiger partial charge in [0.15, 0.2) is 0 Å². The molecule has 4 heteroatoms. The van der Waals surface area contributed by atoms with E-state index in [0.717, 1.165) is 16.9 Å². The minimum absolute atomic E-state index is 0.222. The number of hydrogen-bond donors (Lipinski definition) is 2. The van der Waals surface area contributed by atoms with Gasteiger partial charge in [-0.1, -0.05) is 0 Å². The number of aromatic nitrogens is 2. The summed E-state index contributed by atoms with van der Waals surface area (Å²) in [6.07, 6.45) is 1.08. The van der Waals surface area contributed by atoms with E-state index in [2.05, 4.69) is 4.98 Å². The average molecular weight is 191 g/mol. The van der Waals surface area contributed by atoms with Crippen molar-refractivity contribution in [1.82, 2.24) is 9.38 Å². The van der Waals surface area contributed by atoms with Gasteiger partial charge in [0.25, 0.3) is 0 Å². The van der Waals surface area contributed by atoms with Crippen LogP contribution in [0.25, 0.3) is 5.52 Å². The maximum atomic E-state index is 9.61. The van der Waals surface area contributed by atoms with Crippen molar-refractivity contribution in [2.45, 2.75) is 13.0 Å². The zero-order valence-electron chi connectivity index (χ0n) is 8.01. The molecule has 0 aromatic carbocycles. The molecule has 0 saturated heterocycles. The molecule has 2 heterocycles. The maximum absolute atomic E-state index is 9.61. The fraction of sp³-hybridized carbons (Fsp3) is 0.300. The molecule has 2 aromatic rings. The van der Waals surface area contributed by atoms with Crippen LogP contribution in [0.5, 0.6) is 0 Å². The van der Waals surface area contributed by atoms with E-state index >= 15 is 0 Å². The van der Waals surface area contributed by atoms with Crippen molar-refractivity contribution in [1.29, 1.82) is 0 Å². The molecule has 1 unspecified atom stereocenters. The molecular weight excluding hydrogens is 178 g/mol. The fourth-order valence-corrected chi connectivity index (χ4v) is 1.52. The number of nitrogens with two attached hydrogens (primary N) is 1. The molecule has 3 N–H and O–H groups in total. The van der Waals surface area contributed by atoms with Crippen molar-refractivity contribution in [2.24, 2.45) is 5.73 Å². The van der Waals surface area contributed by atoms with Crippen LogP contribution in [0, 0.1) is 6.92 Å². The van der Waals surface area contributed by atoms with E-state index in [1.165, 1.54) is 0 Å². The highest BCUT2D eigenvalue weighted by Crippen LogP contribution is 2.16. The van der Waals surface area contributed by atoms with Crippen molar-refractivity contribution < 1.29 is 5.11 Å². The van der Waals surface area contributed by atoms with Crippen LogP contribution in [-0.4, -0.2) is 21.0 Å². The van der Waals surface area contributed by atoms with Crippen molar-refractivity contribution >= 4 is 5.52 Å². The molecule has 0 aliphatic carbocycles. The maximum Gasteiger partial charge on any atom is 0.106 e. The molecule has 0 aliphatic heterocycles. The number of fused-ring (bicyclic) bond motifs is 1. The number of rotatable bonds is 2. The number of aliphatic hydroxyl groups is 1. The molecule has 74 valence electrons. The van der Waals surface area contributed by atoms with Crippen LogP contribution in [0.4, 0.5) is 0 Å². The minimum Gasteiger partial charge on any atom is -0.386 e. The third-order valence-electron chi connectivity index (χ3n) is 2.28. The first-order chi connectivity index (χ1) is 6.72. The van der Waals surface area contributed by atoms with E-state index in [0.29, 0.717) is 0 Å². The number of nitrogens with zero attached hydrogens (tertiary/aromatic N) is 2. The molecule has 2 rings (SSSR count). The molecule has 0 amide bonds. The van der Waals surface area contributed by atoms with Gasteiger partial charge in [0.1, 0.15) is 6.10 Å². The monoisotopic (exact) mass is 191 g/mol. The van der Waals surface area contributed by atoms with Gasteiger partial charge in [0.2, 0.25) is 0 Å². The lowest BCUT2D eigenvalue weighted by atomic mass is 10.2. The van der Waals surface area contributed by atoms with E-state index in [1.807, 2.05) is 29.5 Å². The van der Waals surface area contributed by atoms with Crippen LogP contribution in [0.3, 0.4) is 0 Å². The van der Waals surface area contributed by atoms with Gasteiger partial charge in [0.05, 0.1) is 12.0 Å². The van der Waals surface area contributed by atoms with Crippen LogP contribution < -0.4 is 5.73 Å². The van der Waals surface area contributed by atoms with E-state index in [1.54, 1.807) is 6.33 Å². The zero-order chi connectivity index (χ0) is 10.1. The molecular formula is C10H13N3O. The van der Waals surface area contributed by atoms with Gasteiger partial charge in [-0.2, -0.15) is 0 Å². The van der Waals surface area contributed by atoms with E-state index < -0.39 is 6.10 Å². The van der Waals surface area contributed by atoms with Crippen molar-refractivity contribution in [3.05, 3.63) is 35.9 Å². The molecule has 14 heavy (non-hydrogen) atoms. The molecule has 0 spiro atoms. The summed E-state index contributed by atoms with van der Waals surface area (Å²) in [7, 11) is 0. The third-order valence-corrected chi connectivity index (χ3v) is 2.28. The Labute approximate surface area is 82.0 Å². The van der Waals surface area contributed by atoms with Gasteiger partial charge in [-0.15, -0.1) is 0 Å². The lowest BCUT2D eigenvalue weighted by Crippen LogP contribution is -2.13. The Morgan fingerprint density at radius 1 is 1.57 bits per heavy atom. The summed E-state index contributed by atoms with van der Waals surface area (Å²) in [5.41, 5.74) is 8.18. The van der Waals surface area contributed by atoms with Crippen LogP contribution in [0.1, 0.15) is 17.5 Å². The summed E-state index contributed by atoms with van der Waals surface area (Å²) in [5, 5.41) is 9.61. The molecule has 1 atom stereocenters. The highest BCUT2D eigenvalue weighted by atomic mass is 16.3. The van der Waals surface area contributed by atoms with Crippen LogP contribution >= 0.6 is 0 Å². The summed E-state index contributed by atoms with van der Waals surface area (Å²) in [5.74, 6) is 0. The first kappa shape index (κ1) is 9.18. The SMILES string of the molecule is Cc1cc2ccc(C(O)CN)n2cn1. The smallest absolute Gasteiger partial charge is 0.106 e. The summed E-state index contributed by atoms with van der Waals surface area (Å²) >= 11 is 0. The standard InChI is InChI=1S/C10H13N3O/c1-7-4-8-2-3-9(10(14)5-11)13(8)6-12-7/h2-4,6,10,14H,5,11H2,1H3. The van der Waals surface area contributed by atoms with Gasteiger partial charge < -0.3 is 15.2 Å². The molecule has 0 aliphatic rings. The molecule has 0 radical (unpaired) electrons. The second kappa shape index (κ2) is 3.40. The van der Waals surface area contributed by atoms with Crippen LogP contribution in [-0.2, 0) is 0 Å². The first-order valence-corrected chi connectivity index (χ1v) is 4.54. The van der Waals surface area contributed by atoms with E-state index in [9.17, 15) is 5.11 Å². The first-order valence-electron chi connectivity index (χ1n) is 4.54. The van der Waals surface area contributed by atoms with Gasteiger partial charge in [-0.05, 0) is 25.1 Å². The highest BCUT2D eigenvalue weighted by molar-refractivity contribution is 5.50. The Kier molecular flexibility index (Phi) is 2.23. The second-order valence-corrected chi connectivity index (χ2v) is 3.33. The average Bonchev–Trinajstić information content (AvgIpc) is 2.59. The normalized spacial score (nSPS) is 13.4. The molecule has 0 bridgehead atoms. The number of aryl methyl sites for hydroxylation is 1. The Morgan fingerprint density at radius 2 is 2.36 bits per heavy atom. The Bertz CT molecular complexity index is 450. The van der Waals surface area contributed by atoms with Crippen molar-refractivity contribution in [3.8, 4) is 0 Å². The third kappa shape index (κ3) is 1.38. The summed E-state index contributed by atoms with van der Waals surface area (Å²) in [6.45, 7) is 2.16. The van der Waals surface area contributed by atoms with E-state index in [-0.39, 0.29) is 6.54 Å². The van der Waals surface area contributed by atoms with Crippen molar-refractivity contribution in [2.75, 3.05) is 6.54 Å². The lowest BCUT2D eigenvalue weighted by molar-refractivity contribution is 0.181. The zero-order valence-corrected chi connectivity index (χ0v) is 8.01. The summed E-state index contributed by atoms with van der Waals surface area (Å²) < 4.78 is 1.85. The van der Waals surface area contributed by atoms with Gasteiger partial charge >= 0.3 is 0 Å². The Hall–Kier alpha value is -1.39. The van der Waals surface area contributed by atoms with Gasteiger partial charge in [0, 0.05) is 17.8 Å². The van der Waals surface area contributed by atoms with Crippen molar-refractivity contribution in [3.63, 3.8) is 0 Å².